The number of thioether (sulfide) groups is 2. The van der Waals surface area contributed by atoms with Gasteiger partial charge in [0.2, 0.25) is 5.91 Å². The van der Waals surface area contributed by atoms with Crippen LogP contribution >= 0.6 is 47.3 Å². The summed E-state index contributed by atoms with van der Waals surface area (Å²) in [5.41, 5.74) is 1.44. The fourth-order valence-corrected chi connectivity index (χ4v) is 7.23. The van der Waals surface area contributed by atoms with E-state index >= 15 is 0 Å². The molecular formula is C23H28ClN4O4S3+. The Kier molecular flexibility index (Phi) is 8.02. The van der Waals surface area contributed by atoms with Gasteiger partial charge in [-0.15, -0.1) is 11.8 Å². The maximum atomic E-state index is 12.9. The molecule has 12 heteroatoms. The summed E-state index contributed by atoms with van der Waals surface area (Å²) in [7, 11) is 4.40. The van der Waals surface area contributed by atoms with Gasteiger partial charge in [-0.25, -0.2) is 4.79 Å². The normalized spacial score (nSPS) is 23.5. The number of fused-ring (bicyclic) bond motifs is 1. The van der Waals surface area contributed by atoms with Crippen LogP contribution in [0.5, 0.6) is 0 Å². The van der Waals surface area contributed by atoms with Crippen LogP contribution < -0.4 is 5.32 Å². The van der Waals surface area contributed by atoms with Crippen molar-refractivity contribution in [2.24, 2.45) is 0 Å². The highest BCUT2D eigenvalue weighted by Gasteiger charge is 2.54. The summed E-state index contributed by atoms with van der Waals surface area (Å²) in [6.07, 6.45) is 0.0925. The number of β-lactam (4-membered cyclic amide) rings is 1. The Morgan fingerprint density at radius 2 is 2.03 bits per heavy atom. The van der Waals surface area contributed by atoms with Gasteiger partial charge in [0.15, 0.2) is 0 Å². The van der Waals surface area contributed by atoms with Crippen LogP contribution in [0.3, 0.4) is 0 Å². The van der Waals surface area contributed by atoms with Gasteiger partial charge in [0.25, 0.3) is 5.91 Å². The Bertz CT molecular complexity index is 1090. The molecule has 0 aliphatic carbocycles. The van der Waals surface area contributed by atoms with Crippen molar-refractivity contribution in [3.05, 3.63) is 46.1 Å². The van der Waals surface area contributed by atoms with Gasteiger partial charge in [0.1, 0.15) is 21.4 Å². The predicted octanol–water partition coefficient (Wildman–Crippen LogP) is 2.03. The van der Waals surface area contributed by atoms with Crippen molar-refractivity contribution in [2.75, 3.05) is 51.8 Å². The number of amides is 2. The Labute approximate surface area is 223 Å². The largest absolute Gasteiger partial charge is 0.477 e. The van der Waals surface area contributed by atoms with Crippen LogP contribution in [-0.2, 0) is 20.8 Å². The number of likely N-dealkylation sites (N-methyl/N-ethyl adjacent to an activating group) is 1. The fourth-order valence-electron chi connectivity index (χ4n) is 4.28. The molecule has 0 spiro atoms. The summed E-state index contributed by atoms with van der Waals surface area (Å²) in [4.78, 5) is 41.0. The zero-order valence-corrected chi connectivity index (χ0v) is 22.7. The number of rotatable bonds is 6. The third kappa shape index (κ3) is 5.96. The molecule has 0 unspecified atom stereocenters. The number of carboxylic acid groups (broad SMARTS) is 1. The van der Waals surface area contributed by atoms with Crippen molar-refractivity contribution in [1.82, 2.24) is 15.1 Å². The number of nitrogens with zero attached hydrogens (tertiary/aromatic N) is 3. The molecule has 0 aromatic heterocycles. The maximum absolute atomic E-state index is 12.9. The average Bonchev–Trinajstić information content (AvgIpc) is 2.80. The second-order valence-electron chi connectivity index (χ2n) is 9.44. The molecule has 188 valence electrons. The van der Waals surface area contributed by atoms with Crippen LogP contribution in [0.15, 0.2) is 35.5 Å². The zero-order chi connectivity index (χ0) is 25.3. The van der Waals surface area contributed by atoms with E-state index in [2.05, 4.69) is 24.3 Å². The summed E-state index contributed by atoms with van der Waals surface area (Å²) < 4.78 is 1.72. The quantitative estimate of drug-likeness (QED) is 0.313. The lowest BCUT2D eigenvalue weighted by Gasteiger charge is -2.49. The lowest BCUT2D eigenvalue weighted by Crippen LogP contribution is -2.70. The number of thiocarbonyl (C=S) groups is 1. The van der Waals surface area contributed by atoms with E-state index in [4.69, 9.17) is 23.8 Å². The molecule has 2 amide bonds. The first-order valence-electron chi connectivity index (χ1n) is 11.2. The number of quaternary nitrogens is 1. The van der Waals surface area contributed by atoms with E-state index in [9.17, 15) is 19.5 Å². The predicted molar refractivity (Wildman–Crippen MR) is 143 cm³/mol. The summed E-state index contributed by atoms with van der Waals surface area (Å²) in [5.74, 6) is -0.950. The van der Waals surface area contributed by atoms with Crippen LogP contribution in [0.4, 0.5) is 0 Å². The van der Waals surface area contributed by atoms with Crippen LogP contribution in [-0.4, -0.2) is 105 Å². The number of nitrogens with one attached hydrogen (secondary N) is 1. The molecule has 2 N–H and O–H groups in total. The number of benzene rings is 1. The molecule has 0 radical (unpaired) electrons. The molecule has 2 saturated heterocycles. The van der Waals surface area contributed by atoms with Gasteiger partial charge in [-0.2, -0.15) is 0 Å². The molecule has 2 fully saturated rings. The highest BCUT2D eigenvalue weighted by atomic mass is 35.5. The molecule has 0 saturated carbocycles. The number of carbonyl (C=O) groups is 3. The molecule has 1 aromatic carbocycles. The summed E-state index contributed by atoms with van der Waals surface area (Å²) in [6.45, 7) is 3.77. The first-order valence-corrected chi connectivity index (χ1v) is 14.1. The maximum Gasteiger partial charge on any atom is 0.352 e. The van der Waals surface area contributed by atoms with E-state index in [1.54, 1.807) is 24.3 Å². The number of carbonyl (C=O) groups excluding carboxylic acids is 2. The van der Waals surface area contributed by atoms with Crippen LogP contribution in [0, 0.1) is 0 Å². The lowest BCUT2D eigenvalue weighted by molar-refractivity contribution is -0.893. The number of carboxylic acids is 1. The first-order chi connectivity index (χ1) is 16.6. The summed E-state index contributed by atoms with van der Waals surface area (Å²) in [6, 6.07) is 6.24. The highest BCUT2D eigenvalue weighted by molar-refractivity contribution is 8.23. The van der Waals surface area contributed by atoms with Crippen molar-refractivity contribution in [1.29, 1.82) is 0 Å². The van der Waals surface area contributed by atoms with Crippen molar-refractivity contribution < 1.29 is 24.0 Å². The first kappa shape index (κ1) is 26.3. The van der Waals surface area contributed by atoms with Gasteiger partial charge in [0, 0.05) is 16.5 Å². The molecule has 3 aliphatic heterocycles. The van der Waals surface area contributed by atoms with Crippen LogP contribution in [0.25, 0.3) is 0 Å². The monoisotopic (exact) mass is 555 g/mol. The van der Waals surface area contributed by atoms with Crippen molar-refractivity contribution in [2.45, 2.75) is 17.8 Å². The number of aliphatic carboxylic acids is 1. The van der Waals surface area contributed by atoms with Gasteiger partial charge < -0.3 is 19.8 Å². The minimum absolute atomic E-state index is 0.0193. The summed E-state index contributed by atoms with van der Waals surface area (Å²) in [5, 5.41) is 12.8. The Morgan fingerprint density at radius 3 is 2.69 bits per heavy atom. The number of piperazine rings is 1. The molecule has 4 rings (SSSR count). The van der Waals surface area contributed by atoms with E-state index in [0.717, 1.165) is 40.5 Å². The smallest absolute Gasteiger partial charge is 0.352 e. The second-order valence-corrected chi connectivity index (χ2v) is 12.6. The van der Waals surface area contributed by atoms with E-state index in [1.165, 1.54) is 28.4 Å². The number of hydrogen-bond donors (Lipinski definition) is 2. The minimum atomic E-state index is -1.13. The molecule has 3 heterocycles. The fraction of sp³-hybridized carbons (Fsp3) is 0.478. The third-order valence-electron chi connectivity index (χ3n) is 6.40. The SMILES string of the molecule is C[N+]1(C)CCN(C(=S)SCC2=C(C(=O)O)N3C(=O)[C@@H](NC(=O)Cc4cccc(Cl)c4)[C@H]3SC2)CC1. The van der Waals surface area contributed by atoms with Crippen molar-refractivity contribution in [3.63, 3.8) is 0 Å². The molecule has 0 bridgehead atoms. The number of hydrogen-bond acceptors (Lipinski definition) is 6. The molecule has 1 aromatic rings. The van der Waals surface area contributed by atoms with Crippen LogP contribution in [0.1, 0.15) is 5.56 Å². The van der Waals surface area contributed by atoms with Gasteiger partial charge in [-0.1, -0.05) is 47.7 Å². The lowest BCUT2D eigenvalue weighted by atomic mass is 10.0. The highest BCUT2D eigenvalue weighted by Crippen LogP contribution is 2.41. The Morgan fingerprint density at radius 1 is 1.31 bits per heavy atom. The van der Waals surface area contributed by atoms with Gasteiger partial charge in [-0.05, 0) is 23.3 Å². The third-order valence-corrected chi connectivity index (χ3v) is 9.58. The Balaban J connectivity index is 1.37. The second kappa shape index (κ2) is 10.7. The van der Waals surface area contributed by atoms with Gasteiger partial charge in [-0.3, -0.25) is 14.5 Å². The van der Waals surface area contributed by atoms with Gasteiger partial charge >= 0.3 is 5.97 Å². The van der Waals surface area contributed by atoms with Crippen molar-refractivity contribution in [3.8, 4) is 0 Å². The molecular weight excluding hydrogens is 528 g/mol. The van der Waals surface area contributed by atoms with E-state index in [0.29, 0.717) is 22.1 Å². The molecule has 35 heavy (non-hydrogen) atoms. The van der Waals surface area contributed by atoms with E-state index in [-0.39, 0.29) is 18.0 Å². The Hall–Kier alpha value is -1.79. The van der Waals surface area contributed by atoms with Crippen molar-refractivity contribution >= 4 is 69.4 Å². The molecule has 2 atom stereocenters. The number of halogens is 1. The summed E-state index contributed by atoms with van der Waals surface area (Å²) >= 11 is 14.5. The van der Waals surface area contributed by atoms with E-state index < -0.39 is 23.3 Å². The van der Waals surface area contributed by atoms with E-state index in [1.807, 2.05) is 0 Å². The topological polar surface area (TPSA) is 90.0 Å². The average molecular weight is 556 g/mol. The molecule has 8 nitrogen and oxygen atoms in total. The van der Waals surface area contributed by atoms with Crippen LogP contribution in [0.2, 0.25) is 5.02 Å². The molecule has 3 aliphatic rings. The zero-order valence-electron chi connectivity index (χ0n) is 19.5. The minimum Gasteiger partial charge on any atom is -0.477 e. The standard InChI is InChI=1S/C23H27ClN4O4S3/c1-28(2)8-6-26(7-9-28)23(33)35-13-15-12-34-21-18(20(30)27(21)19(15)22(31)32)25-17(29)11-14-4-3-5-16(24)10-14/h3-5,10,18,21H,6-9,11-13H2,1-2H3,(H-,25,29,31,32)/p+1/t18-,21-/m1/s1. The van der Waals surface area contributed by atoms with Gasteiger partial charge in [0.05, 0.1) is 46.7 Å².